The molecule has 5 rings (SSSR count). The highest BCUT2D eigenvalue weighted by atomic mass is 15.1. The highest BCUT2D eigenvalue weighted by Gasteiger charge is 2.28. The summed E-state index contributed by atoms with van der Waals surface area (Å²) >= 11 is 0. The van der Waals surface area contributed by atoms with Gasteiger partial charge in [0.25, 0.3) is 0 Å². The fourth-order valence-electron chi connectivity index (χ4n) is 4.62. The van der Waals surface area contributed by atoms with E-state index in [9.17, 15) is 0 Å². The molecule has 0 radical (unpaired) electrons. The van der Waals surface area contributed by atoms with E-state index < -0.39 is 0 Å². The van der Waals surface area contributed by atoms with Gasteiger partial charge in [0.2, 0.25) is 5.95 Å². The molecule has 1 N–H and O–H groups in total. The average Bonchev–Trinajstić information content (AvgIpc) is 2.81. The van der Waals surface area contributed by atoms with Crippen LogP contribution >= 0.6 is 0 Å². The number of hydrogen-bond acceptors (Lipinski definition) is 3. The normalized spacial score (nSPS) is 14.5. The third-order valence-electron chi connectivity index (χ3n) is 6.19. The van der Waals surface area contributed by atoms with Crippen molar-refractivity contribution in [1.29, 1.82) is 0 Å². The Bertz CT molecular complexity index is 1220. The summed E-state index contributed by atoms with van der Waals surface area (Å²) in [4.78, 5) is 9.58. The minimum Gasteiger partial charge on any atom is -0.324 e. The van der Waals surface area contributed by atoms with Crippen LogP contribution < -0.4 is 5.32 Å². The monoisotopic (exact) mass is 403 g/mol. The van der Waals surface area contributed by atoms with Gasteiger partial charge in [-0.3, -0.25) is 0 Å². The minimum atomic E-state index is 0.332. The van der Waals surface area contributed by atoms with Crippen molar-refractivity contribution in [2.24, 2.45) is 0 Å². The third kappa shape index (κ3) is 3.86. The second-order valence-electron chi connectivity index (χ2n) is 8.34. The number of fused-ring (bicyclic) bond motifs is 3. The van der Waals surface area contributed by atoms with E-state index in [0.29, 0.717) is 11.9 Å². The van der Waals surface area contributed by atoms with Gasteiger partial charge in [-0.25, -0.2) is 9.97 Å². The summed E-state index contributed by atoms with van der Waals surface area (Å²) < 4.78 is 0. The molecular weight excluding hydrogens is 377 g/mol. The summed E-state index contributed by atoms with van der Waals surface area (Å²) in [5.41, 5.74) is 9.89. The molecule has 4 heteroatoms. The predicted molar refractivity (Wildman–Crippen MR) is 131 cm³/mol. The summed E-state index contributed by atoms with van der Waals surface area (Å²) in [5, 5.41) is 3.38. The van der Waals surface area contributed by atoms with Crippen molar-refractivity contribution < 1.29 is 0 Å². The third-order valence-corrected chi connectivity index (χ3v) is 6.19. The van der Waals surface area contributed by atoms with Crippen molar-refractivity contribution in [2.45, 2.75) is 32.0 Å². The van der Waals surface area contributed by atoms with E-state index in [1.807, 2.05) is 6.20 Å². The van der Waals surface area contributed by atoms with Gasteiger partial charge < -0.3 is 5.32 Å². The molecule has 1 aromatic heterocycles. The molecular formula is C27H26BN3. The van der Waals surface area contributed by atoms with E-state index in [-0.39, 0.29) is 0 Å². The molecule has 1 atom stereocenters. The van der Waals surface area contributed by atoms with Gasteiger partial charge in [-0.15, -0.1) is 0 Å². The molecule has 4 aromatic rings. The number of hydrogen-bond donors (Lipinski definition) is 1. The van der Waals surface area contributed by atoms with Crippen molar-refractivity contribution in [2.75, 3.05) is 5.32 Å². The first-order chi connectivity index (χ1) is 15.2. The second-order valence-corrected chi connectivity index (χ2v) is 8.34. The molecule has 3 aromatic carbocycles. The molecule has 0 saturated carbocycles. The summed E-state index contributed by atoms with van der Waals surface area (Å²) in [7, 11) is 2.20. The lowest BCUT2D eigenvalue weighted by Crippen LogP contribution is -2.15. The summed E-state index contributed by atoms with van der Waals surface area (Å²) in [6.07, 6.45) is 5.18. The van der Waals surface area contributed by atoms with Crippen LogP contribution in [0.1, 0.15) is 33.7 Å². The van der Waals surface area contributed by atoms with E-state index in [4.69, 9.17) is 4.98 Å². The van der Waals surface area contributed by atoms with Crippen LogP contribution in [0.4, 0.5) is 11.6 Å². The number of nitrogens with one attached hydrogen (secondary N) is 1. The van der Waals surface area contributed by atoms with Gasteiger partial charge in [0.1, 0.15) is 7.85 Å². The van der Waals surface area contributed by atoms with Crippen molar-refractivity contribution in [1.82, 2.24) is 9.97 Å². The first-order valence-electron chi connectivity index (χ1n) is 11.1. The van der Waals surface area contributed by atoms with E-state index in [0.717, 1.165) is 30.5 Å². The quantitative estimate of drug-likeness (QED) is 0.449. The molecule has 1 aliphatic rings. The Morgan fingerprint density at radius 3 is 2.45 bits per heavy atom. The largest absolute Gasteiger partial charge is 0.324 e. The van der Waals surface area contributed by atoms with Crippen LogP contribution in [0.5, 0.6) is 0 Å². The zero-order valence-electron chi connectivity index (χ0n) is 18.1. The Morgan fingerprint density at radius 1 is 0.935 bits per heavy atom. The van der Waals surface area contributed by atoms with E-state index in [1.165, 1.54) is 33.4 Å². The maximum Gasteiger partial charge on any atom is 0.227 e. The summed E-state index contributed by atoms with van der Waals surface area (Å²) in [6.45, 7) is 2.20. The molecule has 0 saturated heterocycles. The van der Waals surface area contributed by atoms with Crippen LogP contribution in [0.15, 0.2) is 79.0 Å². The van der Waals surface area contributed by atoms with Crippen LogP contribution in [0.2, 0.25) is 6.32 Å². The first kappa shape index (κ1) is 19.6. The first-order valence-corrected chi connectivity index (χ1v) is 11.1. The molecule has 1 unspecified atom stereocenters. The van der Waals surface area contributed by atoms with Gasteiger partial charge in [0, 0.05) is 23.4 Å². The fraction of sp³-hybridized carbons (Fsp3) is 0.185. The summed E-state index contributed by atoms with van der Waals surface area (Å²) in [5.74, 6) is 0.976. The van der Waals surface area contributed by atoms with Crippen molar-refractivity contribution in [3.63, 3.8) is 0 Å². The molecule has 1 aliphatic carbocycles. The minimum absolute atomic E-state index is 0.332. The fourth-order valence-corrected chi connectivity index (χ4v) is 4.62. The Kier molecular flexibility index (Phi) is 5.29. The highest BCUT2D eigenvalue weighted by molar-refractivity contribution is 6.08. The number of rotatable bonds is 5. The predicted octanol–water partition coefficient (Wildman–Crippen LogP) is 5.48. The van der Waals surface area contributed by atoms with Crippen LogP contribution in [0, 0.1) is 6.92 Å². The number of anilines is 2. The van der Waals surface area contributed by atoms with E-state index >= 15 is 0 Å². The zero-order chi connectivity index (χ0) is 21.2. The van der Waals surface area contributed by atoms with Crippen molar-refractivity contribution >= 4 is 19.5 Å². The average molecular weight is 403 g/mol. The molecule has 31 heavy (non-hydrogen) atoms. The van der Waals surface area contributed by atoms with Crippen LogP contribution in [0.25, 0.3) is 11.3 Å². The van der Waals surface area contributed by atoms with Crippen LogP contribution in [-0.4, -0.2) is 17.8 Å². The molecule has 3 nitrogen and oxygen atoms in total. The standard InChI is InChI=1S/C27H26BN3/c1-18-6-2-3-7-22(18)25-16-20-17-29-27(30-21-12-10-19(11-13-21)14-15-28)31-26(20)24-9-5-4-8-23(24)25/h2-13,17,25H,14-16,28H2,1H3,(H,29,30,31). The maximum atomic E-state index is 4.94. The van der Waals surface area contributed by atoms with E-state index in [2.05, 4.69) is 97.9 Å². The SMILES string of the molecule is BCCc1ccc(Nc2ncc3c(n2)-c2ccccc2C(c2ccccc2C)C3)cc1. The van der Waals surface area contributed by atoms with Gasteiger partial charge >= 0.3 is 0 Å². The lowest BCUT2D eigenvalue weighted by molar-refractivity contribution is 0.776. The van der Waals surface area contributed by atoms with Gasteiger partial charge in [-0.2, -0.15) is 0 Å². The Hall–Kier alpha value is -3.40. The Balaban J connectivity index is 1.49. The van der Waals surface area contributed by atoms with Crippen molar-refractivity contribution in [3.05, 3.63) is 107 Å². The molecule has 0 aliphatic heterocycles. The van der Waals surface area contributed by atoms with Crippen LogP contribution in [-0.2, 0) is 12.8 Å². The second kappa shape index (κ2) is 8.39. The Labute approximate surface area is 185 Å². The van der Waals surface area contributed by atoms with Gasteiger partial charge in [-0.1, -0.05) is 67.0 Å². The topological polar surface area (TPSA) is 37.8 Å². The maximum absolute atomic E-state index is 4.94. The molecule has 152 valence electrons. The van der Waals surface area contributed by atoms with Gasteiger partial charge in [-0.05, 0) is 59.7 Å². The Morgan fingerprint density at radius 2 is 1.68 bits per heavy atom. The lowest BCUT2D eigenvalue weighted by Gasteiger charge is -2.28. The van der Waals surface area contributed by atoms with Gasteiger partial charge in [0.15, 0.2) is 0 Å². The van der Waals surface area contributed by atoms with E-state index in [1.54, 1.807) is 0 Å². The molecule has 0 amide bonds. The summed E-state index contributed by atoms with van der Waals surface area (Å²) in [6, 6.07) is 25.9. The molecule has 1 heterocycles. The lowest BCUT2D eigenvalue weighted by atomic mass is 9.77. The molecule has 0 bridgehead atoms. The van der Waals surface area contributed by atoms with Crippen molar-refractivity contribution in [3.8, 4) is 11.3 Å². The smallest absolute Gasteiger partial charge is 0.227 e. The van der Waals surface area contributed by atoms with Crippen LogP contribution in [0.3, 0.4) is 0 Å². The number of benzene rings is 3. The highest BCUT2D eigenvalue weighted by Crippen LogP contribution is 2.42. The number of nitrogens with zero attached hydrogens (tertiary/aromatic N) is 2. The zero-order valence-corrected chi connectivity index (χ0v) is 18.1. The molecule has 0 fully saturated rings. The molecule has 0 spiro atoms. The number of aromatic nitrogens is 2. The number of aryl methyl sites for hydroxylation is 2. The van der Waals surface area contributed by atoms with Gasteiger partial charge in [0.05, 0.1) is 5.69 Å².